The summed E-state index contributed by atoms with van der Waals surface area (Å²) < 4.78 is 4.48. The number of esters is 1. The molecular formula is C12H14ClNO3. The molecule has 0 heterocycles. The average Bonchev–Trinajstić information content (AvgIpc) is 2.37. The Morgan fingerprint density at radius 3 is 2.47 bits per heavy atom. The van der Waals surface area contributed by atoms with E-state index in [2.05, 4.69) is 4.74 Å². The number of ether oxygens (including phenoxy) is 1. The summed E-state index contributed by atoms with van der Waals surface area (Å²) in [5.41, 5.74) is 0.705. The van der Waals surface area contributed by atoms with Gasteiger partial charge in [-0.25, -0.2) is 0 Å². The zero-order valence-electron chi connectivity index (χ0n) is 9.72. The van der Waals surface area contributed by atoms with Crippen LogP contribution in [0.4, 0.5) is 0 Å². The van der Waals surface area contributed by atoms with Crippen molar-refractivity contribution in [1.82, 2.24) is 4.90 Å². The van der Waals surface area contributed by atoms with E-state index in [0.717, 1.165) is 0 Å². The minimum atomic E-state index is -0.786. The Bertz CT molecular complexity index is 394. The normalized spacial score (nSPS) is 11.7. The van der Waals surface area contributed by atoms with Gasteiger partial charge in [0.15, 0.2) is 0 Å². The molecule has 0 aliphatic rings. The fourth-order valence-corrected chi connectivity index (χ4v) is 1.61. The molecule has 1 unspecified atom stereocenters. The highest BCUT2D eigenvalue weighted by atomic mass is 35.5. The van der Waals surface area contributed by atoms with Gasteiger partial charge in [-0.2, -0.15) is 0 Å². The number of hydrogen-bond donors (Lipinski definition) is 0. The van der Waals surface area contributed by atoms with E-state index < -0.39 is 11.3 Å². The number of carbonyl (C=O) groups is 2. The van der Waals surface area contributed by atoms with Gasteiger partial charge in [-0.05, 0) is 5.56 Å². The third kappa shape index (κ3) is 3.75. The lowest BCUT2D eigenvalue weighted by molar-refractivity contribution is -0.146. The van der Waals surface area contributed by atoms with Crippen molar-refractivity contribution in [1.29, 1.82) is 0 Å². The van der Waals surface area contributed by atoms with Gasteiger partial charge in [-0.15, -0.1) is 11.6 Å². The quantitative estimate of drug-likeness (QED) is 0.606. The Labute approximate surface area is 105 Å². The molecule has 4 nitrogen and oxygen atoms in total. The molecule has 1 aromatic rings. The zero-order chi connectivity index (χ0) is 12.8. The Balaban J connectivity index is 2.67. The Hall–Kier alpha value is -1.55. The minimum absolute atomic E-state index is 0.106. The van der Waals surface area contributed by atoms with Gasteiger partial charge in [-0.1, -0.05) is 30.3 Å². The second-order valence-corrected chi connectivity index (χ2v) is 3.98. The molecule has 0 aliphatic heterocycles. The summed E-state index contributed by atoms with van der Waals surface area (Å²) in [7, 11) is 2.79. The fraction of sp³-hybridized carbons (Fsp3) is 0.333. The topological polar surface area (TPSA) is 46.6 Å². The van der Waals surface area contributed by atoms with E-state index in [1.807, 2.05) is 6.07 Å². The molecule has 1 rings (SSSR count). The van der Waals surface area contributed by atoms with Crippen LogP contribution in [0.15, 0.2) is 30.3 Å². The van der Waals surface area contributed by atoms with Gasteiger partial charge in [0.2, 0.25) is 5.91 Å². The van der Waals surface area contributed by atoms with Gasteiger partial charge in [0, 0.05) is 7.05 Å². The number of hydrogen-bond acceptors (Lipinski definition) is 3. The molecule has 0 N–H and O–H groups in total. The third-order valence-corrected chi connectivity index (χ3v) is 2.72. The molecule has 0 saturated heterocycles. The van der Waals surface area contributed by atoms with E-state index in [-0.39, 0.29) is 12.5 Å². The highest BCUT2D eigenvalue weighted by molar-refractivity contribution is 6.30. The van der Waals surface area contributed by atoms with Crippen LogP contribution in [0.5, 0.6) is 0 Å². The second-order valence-electron chi connectivity index (χ2n) is 3.54. The van der Waals surface area contributed by atoms with E-state index >= 15 is 0 Å². The van der Waals surface area contributed by atoms with Crippen molar-refractivity contribution >= 4 is 23.5 Å². The van der Waals surface area contributed by atoms with Crippen LogP contribution in [-0.4, -0.2) is 37.5 Å². The number of nitrogens with zero attached hydrogens (tertiary/aromatic N) is 1. The monoisotopic (exact) mass is 255 g/mol. The smallest absolute Gasteiger partial charge is 0.325 e. The lowest BCUT2D eigenvalue weighted by Crippen LogP contribution is -2.34. The van der Waals surface area contributed by atoms with Crippen LogP contribution in [0.1, 0.15) is 10.9 Å². The molecule has 0 radical (unpaired) electrons. The molecule has 1 aromatic carbocycles. The van der Waals surface area contributed by atoms with Crippen molar-refractivity contribution < 1.29 is 14.3 Å². The van der Waals surface area contributed by atoms with Gasteiger partial charge < -0.3 is 9.64 Å². The van der Waals surface area contributed by atoms with Gasteiger partial charge in [-0.3, -0.25) is 9.59 Å². The average molecular weight is 256 g/mol. The maximum Gasteiger partial charge on any atom is 0.325 e. The summed E-state index contributed by atoms with van der Waals surface area (Å²) in [4.78, 5) is 24.2. The first kappa shape index (κ1) is 13.5. The van der Waals surface area contributed by atoms with E-state index in [0.29, 0.717) is 5.56 Å². The Morgan fingerprint density at radius 2 is 1.94 bits per heavy atom. The molecule has 0 bridgehead atoms. The van der Waals surface area contributed by atoms with Crippen molar-refractivity contribution in [2.24, 2.45) is 0 Å². The first-order valence-electron chi connectivity index (χ1n) is 5.07. The van der Waals surface area contributed by atoms with E-state index in [1.165, 1.54) is 19.1 Å². The summed E-state index contributed by atoms with van der Waals surface area (Å²) >= 11 is 6.03. The maximum atomic E-state index is 11.9. The molecule has 1 amide bonds. The molecule has 0 aromatic heterocycles. The standard InChI is InChI=1S/C12H14ClNO3/c1-14(8-10(15)17-2)12(16)11(13)9-6-4-3-5-7-9/h3-7,11H,8H2,1-2H3. The van der Waals surface area contributed by atoms with Crippen LogP contribution in [0.25, 0.3) is 0 Å². The van der Waals surface area contributed by atoms with Crippen LogP contribution in [0.3, 0.4) is 0 Å². The Kier molecular flexibility index (Phi) is 4.97. The molecular weight excluding hydrogens is 242 g/mol. The van der Waals surface area contributed by atoms with Gasteiger partial charge >= 0.3 is 5.97 Å². The summed E-state index contributed by atoms with van der Waals surface area (Å²) in [5, 5.41) is -0.786. The molecule has 0 fully saturated rings. The SMILES string of the molecule is COC(=O)CN(C)C(=O)C(Cl)c1ccccc1. The first-order valence-corrected chi connectivity index (χ1v) is 5.50. The van der Waals surface area contributed by atoms with Crippen molar-refractivity contribution in [3.63, 3.8) is 0 Å². The number of halogens is 1. The molecule has 17 heavy (non-hydrogen) atoms. The maximum absolute atomic E-state index is 11.9. The van der Waals surface area contributed by atoms with Crippen molar-refractivity contribution in [3.8, 4) is 0 Å². The molecule has 0 aliphatic carbocycles. The van der Waals surface area contributed by atoms with E-state index in [4.69, 9.17) is 11.6 Å². The largest absolute Gasteiger partial charge is 0.468 e. The summed E-state index contributed by atoms with van der Waals surface area (Å²) in [6.45, 7) is -0.106. The van der Waals surface area contributed by atoms with E-state index in [1.54, 1.807) is 24.3 Å². The second kappa shape index (κ2) is 6.25. The predicted octanol–water partition coefficient (Wildman–Crippen LogP) is 1.60. The lowest BCUT2D eigenvalue weighted by Gasteiger charge is -2.19. The van der Waals surface area contributed by atoms with Crippen LogP contribution in [0.2, 0.25) is 0 Å². The molecule has 5 heteroatoms. The number of alkyl halides is 1. The molecule has 0 spiro atoms. The van der Waals surface area contributed by atoms with Crippen molar-refractivity contribution in [3.05, 3.63) is 35.9 Å². The molecule has 1 atom stereocenters. The number of likely N-dealkylation sites (N-methyl/N-ethyl adjacent to an activating group) is 1. The molecule has 92 valence electrons. The van der Waals surface area contributed by atoms with Crippen LogP contribution in [-0.2, 0) is 14.3 Å². The summed E-state index contributed by atoms with van der Waals surface area (Å²) in [6, 6.07) is 8.98. The zero-order valence-corrected chi connectivity index (χ0v) is 10.5. The number of rotatable bonds is 4. The number of amides is 1. The predicted molar refractivity (Wildman–Crippen MR) is 64.7 cm³/mol. The van der Waals surface area contributed by atoms with E-state index in [9.17, 15) is 9.59 Å². The van der Waals surface area contributed by atoms with Gasteiger partial charge in [0.1, 0.15) is 11.9 Å². The highest BCUT2D eigenvalue weighted by Gasteiger charge is 2.22. The van der Waals surface area contributed by atoms with Crippen LogP contribution in [0, 0.1) is 0 Å². The Morgan fingerprint density at radius 1 is 1.35 bits per heavy atom. The summed E-state index contributed by atoms with van der Waals surface area (Å²) in [5.74, 6) is -0.805. The molecule has 0 saturated carbocycles. The van der Waals surface area contributed by atoms with Crippen molar-refractivity contribution in [2.45, 2.75) is 5.38 Å². The number of carbonyl (C=O) groups excluding carboxylic acids is 2. The highest BCUT2D eigenvalue weighted by Crippen LogP contribution is 2.21. The third-order valence-electron chi connectivity index (χ3n) is 2.28. The summed E-state index contributed by atoms with van der Waals surface area (Å²) in [6.07, 6.45) is 0. The van der Waals surface area contributed by atoms with Crippen molar-refractivity contribution in [2.75, 3.05) is 20.7 Å². The van der Waals surface area contributed by atoms with Gasteiger partial charge in [0.05, 0.1) is 7.11 Å². The minimum Gasteiger partial charge on any atom is -0.468 e. The number of methoxy groups -OCH3 is 1. The van der Waals surface area contributed by atoms with Crippen LogP contribution >= 0.6 is 11.6 Å². The van der Waals surface area contributed by atoms with Crippen LogP contribution < -0.4 is 0 Å². The number of benzene rings is 1. The first-order chi connectivity index (χ1) is 8.06. The lowest BCUT2D eigenvalue weighted by atomic mass is 10.1. The van der Waals surface area contributed by atoms with Gasteiger partial charge in [0.25, 0.3) is 0 Å². The fourth-order valence-electron chi connectivity index (χ4n) is 1.29.